The van der Waals surface area contributed by atoms with E-state index in [0.29, 0.717) is 12.6 Å². The summed E-state index contributed by atoms with van der Waals surface area (Å²) >= 11 is 0. The molecule has 2 aromatic rings. The zero-order chi connectivity index (χ0) is 16.0. The lowest BCUT2D eigenvalue weighted by molar-refractivity contribution is -0.122. The van der Waals surface area contributed by atoms with Crippen molar-refractivity contribution >= 4 is 22.4 Å². The van der Waals surface area contributed by atoms with E-state index in [-0.39, 0.29) is 5.91 Å². The minimum absolute atomic E-state index is 0.127. The molecule has 0 saturated heterocycles. The van der Waals surface area contributed by atoms with Gasteiger partial charge in [0.25, 0.3) is 5.91 Å². The highest BCUT2D eigenvalue weighted by Crippen LogP contribution is 2.33. The number of fused-ring (bicyclic) bond motifs is 1. The molecule has 0 spiro atoms. The number of hydrogen-bond acceptors (Lipinski definition) is 2. The van der Waals surface area contributed by atoms with E-state index in [1.807, 2.05) is 31.1 Å². The molecule has 1 aliphatic heterocycles. The van der Waals surface area contributed by atoms with Gasteiger partial charge in [-0.3, -0.25) is 4.79 Å². The molecule has 1 amide bonds. The quantitative estimate of drug-likeness (QED) is 0.946. The van der Waals surface area contributed by atoms with Gasteiger partial charge in [0.2, 0.25) is 0 Å². The number of para-hydroxylation sites is 1. The van der Waals surface area contributed by atoms with Crippen molar-refractivity contribution in [1.82, 2.24) is 14.8 Å². The Balaban J connectivity index is 1.82. The van der Waals surface area contributed by atoms with Crippen molar-refractivity contribution in [3.63, 3.8) is 0 Å². The fraction of sp³-hybridized carbons (Fsp3) is 0.421. The van der Waals surface area contributed by atoms with E-state index in [2.05, 4.69) is 28.2 Å². The van der Waals surface area contributed by atoms with Crippen LogP contribution in [0.1, 0.15) is 31.2 Å². The molecule has 120 valence electrons. The predicted octanol–water partition coefficient (Wildman–Crippen LogP) is 2.89. The summed E-state index contributed by atoms with van der Waals surface area (Å²) in [5, 5.41) is 4.82. The Hall–Kier alpha value is -2.23. The molecular weight excluding hydrogens is 286 g/mol. The van der Waals surface area contributed by atoms with E-state index in [1.165, 1.54) is 25.7 Å². The summed E-state index contributed by atoms with van der Waals surface area (Å²) in [5.74, 6) is 0.127. The zero-order valence-electron chi connectivity index (χ0n) is 13.8. The fourth-order valence-corrected chi connectivity index (χ4v) is 3.96. The van der Waals surface area contributed by atoms with Crippen molar-refractivity contribution in [2.24, 2.45) is 7.05 Å². The summed E-state index contributed by atoms with van der Waals surface area (Å²) in [6.45, 7) is 0.688. The number of likely N-dealkylation sites (N-methyl/N-ethyl adjacent to an activating group) is 1. The average Bonchev–Trinajstić information content (AvgIpc) is 3.22. The zero-order valence-corrected chi connectivity index (χ0v) is 13.8. The molecule has 0 radical (unpaired) electrons. The van der Waals surface area contributed by atoms with E-state index >= 15 is 0 Å². The highest BCUT2D eigenvalue weighted by molar-refractivity contribution is 6.25. The molecule has 4 nitrogen and oxygen atoms in total. The second kappa shape index (κ2) is 5.44. The lowest BCUT2D eigenvalue weighted by atomic mass is 10.0. The van der Waals surface area contributed by atoms with Gasteiger partial charge in [-0.2, -0.15) is 0 Å². The topological polar surface area (TPSA) is 37.3 Å². The van der Waals surface area contributed by atoms with Crippen LogP contribution in [0, 0.1) is 0 Å². The Kier molecular flexibility index (Phi) is 3.40. The van der Waals surface area contributed by atoms with Crippen molar-refractivity contribution in [3.8, 4) is 0 Å². The van der Waals surface area contributed by atoms with Gasteiger partial charge >= 0.3 is 0 Å². The first-order chi connectivity index (χ1) is 11.1. The van der Waals surface area contributed by atoms with Gasteiger partial charge in [0.1, 0.15) is 0 Å². The maximum Gasteiger partial charge on any atom is 0.256 e. The Labute approximate surface area is 136 Å². The molecule has 0 atom stereocenters. The van der Waals surface area contributed by atoms with Crippen LogP contribution in [0.15, 0.2) is 36.2 Å². The number of rotatable bonds is 3. The lowest BCUT2D eigenvalue weighted by Gasteiger charge is -2.16. The normalized spacial score (nSPS) is 19.4. The number of nitrogens with zero attached hydrogens (tertiary/aromatic N) is 2. The summed E-state index contributed by atoms with van der Waals surface area (Å²) in [4.78, 5) is 14.6. The maximum absolute atomic E-state index is 12.8. The van der Waals surface area contributed by atoms with Crippen molar-refractivity contribution in [3.05, 3.63) is 41.7 Å². The molecule has 1 aliphatic carbocycles. The van der Waals surface area contributed by atoms with Gasteiger partial charge in [-0.15, -0.1) is 0 Å². The first-order valence-corrected chi connectivity index (χ1v) is 8.44. The van der Waals surface area contributed by atoms with Crippen LogP contribution in [0.4, 0.5) is 0 Å². The molecule has 0 unspecified atom stereocenters. The second-order valence-corrected chi connectivity index (χ2v) is 6.81. The summed E-state index contributed by atoms with van der Waals surface area (Å²) in [7, 11) is 3.93. The molecule has 1 aromatic heterocycles. The van der Waals surface area contributed by atoms with E-state index in [1.54, 1.807) is 0 Å². The van der Waals surface area contributed by atoms with E-state index in [9.17, 15) is 4.79 Å². The predicted molar refractivity (Wildman–Crippen MR) is 92.9 cm³/mol. The van der Waals surface area contributed by atoms with Crippen LogP contribution in [0.5, 0.6) is 0 Å². The summed E-state index contributed by atoms with van der Waals surface area (Å²) in [6.07, 6.45) is 7.10. The SMILES string of the molecule is CN1CC(NC2CCCC2)=C(c2cn(C)c3ccccc23)C1=O. The van der Waals surface area contributed by atoms with Gasteiger partial charge in [0.05, 0.1) is 12.1 Å². The van der Waals surface area contributed by atoms with E-state index in [0.717, 1.165) is 27.7 Å². The van der Waals surface area contributed by atoms with Gasteiger partial charge in [-0.25, -0.2) is 0 Å². The van der Waals surface area contributed by atoms with E-state index in [4.69, 9.17) is 0 Å². The third kappa shape index (κ3) is 2.33. The van der Waals surface area contributed by atoms with Crippen molar-refractivity contribution in [2.75, 3.05) is 13.6 Å². The van der Waals surface area contributed by atoms with E-state index < -0.39 is 0 Å². The summed E-state index contributed by atoms with van der Waals surface area (Å²) < 4.78 is 2.11. The van der Waals surface area contributed by atoms with Crippen LogP contribution in [0.25, 0.3) is 16.5 Å². The molecule has 2 aliphatic rings. The molecule has 2 heterocycles. The van der Waals surface area contributed by atoms with Gasteiger partial charge in [0, 0.05) is 48.5 Å². The molecule has 1 aromatic carbocycles. The number of carbonyl (C=O) groups is 1. The number of nitrogens with one attached hydrogen (secondary N) is 1. The van der Waals surface area contributed by atoms with Crippen LogP contribution in [-0.4, -0.2) is 35.0 Å². The smallest absolute Gasteiger partial charge is 0.256 e. The lowest BCUT2D eigenvalue weighted by Crippen LogP contribution is -2.28. The maximum atomic E-state index is 12.8. The summed E-state index contributed by atoms with van der Waals surface area (Å²) in [6, 6.07) is 8.82. The van der Waals surface area contributed by atoms with Crippen LogP contribution in [0.2, 0.25) is 0 Å². The molecule has 4 heteroatoms. The molecule has 0 bridgehead atoms. The number of hydrogen-bond donors (Lipinski definition) is 1. The Morgan fingerprint density at radius 1 is 1.13 bits per heavy atom. The van der Waals surface area contributed by atoms with Gasteiger partial charge in [0.15, 0.2) is 0 Å². The number of amides is 1. The Morgan fingerprint density at radius 3 is 2.65 bits per heavy atom. The van der Waals surface area contributed by atoms with Crippen LogP contribution in [0.3, 0.4) is 0 Å². The molecule has 4 rings (SSSR count). The minimum Gasteiger partial charge on any atom is -0.383 e. The average molecular weight is 309 g/mol. The largest absolute Gasteiger partial charge is 0.383 e. The Morgan fingerprint density at radius 2 is 1.87 bits per heavy atom. The summed E-state index contributed by atoms with van der Waals surface area (Å²) in [5.41, 5.74) is 4.17. The monoisotopic (exact) mass is 309 g/mol. The van der Waals surface area contributed by atoms with Crippen molar-refractivity contribution in [2.45, 2.75) is 31.7 Å². The number of aryl methyl sites for hydroxylation is 1. The number of benzene rings is 1. The first-order valence-electron chi connectivity index (χ1n) is 8.44. The van der Waals surface area contributed by atoms with Gasteiger partial charge < -0.3 is 14.8 Å². The molecular formula is C19H23N3O. The third-order valence-corrected chi connectivity index (χ3v) is 5.16. The highest BCUT2D eigenvalue weighted by Gasteiger charge is 2.32. The van der Waals surface area contributed by atoms with Crippen LogP contribution < -0.4 is 5.32 Å². The number of aromatic nitrogens is 1. The first kappa shape index (κ1) is 14.4. The standard InChI is InChI=1S/C19H23N3O/c1-21-11-15(14-9-5-6-10-17(14)21)18-16(12-22(2)19(18)23)20-13-7-3-4-8-13/h5-6,9-11,13,20H,3-4,7-8,12H2,1-2H3. The van der Waals surface area contributed by atoms with Crippen LogP contribution >= 0.6 is 0 Å². The highest BCUT2D eigenvalue weighted by atomic mass is 16.2. The molecule has 1 fully saturated rings. The molecule has 1 N–H and O–H groups in total. The van der Waals surface area contributed by atoms with Crippen molar-refractivity contribution in [1.29, 1.82) is 0 Å². The van der Waals surface area contributed by atoms with Crippen molar-refractivity contribution < 1.29 is 4.79 Å². The molecule has 23 heavy (non-hydrogen) atoms. The second-order valence-electron chi connectivity index (χ2n) is 6.81. The third-order valence-electron chi connectivity index (χ3n) is 5.16. The minimum atomic E-state index is 0.127. The molecule has 1 saturated carbocycles. The number of carbonyl (C=O) groups excluding carboxylic acids is 1. The van der Waals surface area contributed by atoms with Gasteiger partial charge in [-0.05, 0) is 18.9 Å². The fourth-order valence-electron chi connectivity index (χ4n) is 3.96. The van der Waals surface area contributed by atoms with Crippen LogP contribution in [-0.2, 0) is 11.8 Å². The van der Waals surface area contributed by atoms with Gasteiger partial charge in [-0.1, -0.05) is 31.0 Å². The Bertz CT molecular complexity index is 796.